The van der Waals surface area contributed by atoms with Crippen LogP contribution in [0.2, 0.25) is 0 Å². The molecule has 2 aromatic rings. The molecule has 2 aliphatic heterocycles. The number of piperidine rings is 1. The number of hydrogen-bond donors (Lipinski definition) is 2. The van der Waals surface area contributed by atoms with Gasteiger partial charge in [0.2, 0.25) is 0 Å². The van der Waals surface area contributed by atoms with E-state index in [-0.39, 0.29) is 5.91 Å². The van der Waals surface area contributed by atoms with Gasteiger partial charge < -0.3 is 24.6 Å². The lowest BCUT2D eigenvalue weighted by atomic mass is 9.93. The fourth-order valence-electron chi connectivity index (χ4n) is 5.00. The molecule has 2 aliphatic rings. The Morgan fingerprint density at radius 2 is 1.53 bits per heavy atom. The standard InChI is InChI=1S/C25H32N2O3.C4H4O4/c1-18-5-4-6-20(15-18)25(28)27-13-9-19(10-14-27)16-26-12-11-21-22(17-26)24(30-3)8-7-23(21)29-2;5-3(6)1-2-4(7)8/h4-8,15,19H,9-14,16-17H2,1-3H3;1-2H,(H,5,6)(H,7,8). The van der Waals surface area contributed by atoms with Gasteiger partial charge in [-0.2, -0.15) is 0 Å². The molecular weight excluding hydrogens is 488 g/mol. The third-order valence-corrected chi connectivity index (χ3v) is 6.90. The number of carboxylic acid groups (broad SMARTS) is 2. The minimum atomic E-state index is -1.26. The highest BCUT2D eigenvalue weighted by Crippen LogP contribution is 2.35. The second kappa shape index (κ2) is 13.6. The Balaban J connectivity index is 0.000000436. The first-order chi connectivity index (χ1) is 18.2. The number of carboxylic acids is 2. The molecule has 9 heteroatoms. The van der Waals surface area contributed by atoms with Gasteiger partial charge in [-0.3, -0.25) is 9.69 Å². The molecule has 0 spiro atoms. The number of aryl methyl sites for hydroxylation is 1. The van der Waals surface area contributed by atoms with Crippen molar-refractivity contribution >= 4 is 17.8 Å². The average Bonchev–Trinajstić information content (AvgIpc) is 2.91. The van der Waals surface area contributed by atoms with Crippen LogP contribution in [-0.4, -0.2) is 78.3 Å². The number of nitrogens with zero attached hydrogens (tertiary/aromatic N) is 2. The largest absolute Gasteiger partial charge is 0.496 e. The molecule has 1 fully saturated rings. The Morgan fingerprint density at radius 3 is 2.08 bits per heavy atom. The number of ether oxygens (including phenoxy) is 2. The van der Waals surface area contributed by atoms with Gasteiger partial charge in [-0.25, -0.2) is 9.59 Å². The average molecular weight is 525 g/mol. The molecule has 2 N–H and O–H groups in total. The molecule has 2 aromatic carbocycles. The first-order valence-corrected chi connectivity index (χ1v) is 12.7. The molecule has 0 saturated carbocycles. The SMILES string of the molecule is COc1ccc(OC)c2c1CCN(CC1CCN(C(=O)c3cccc(C)c3)CC1)C2.O=C(O)C=CC(=O)O. The number of benzene rings is 2. The third kappa shape index (κ3) is 7.82. The maximum atomic E-state index is 12.8. The zero-order chi connectivity index (χ0) is 27.7. The van der Waals surface area contributed by atoms with Gasteiger partial charge >= 0.3 is 11.9 Å². The van der Waals surface area contributed by atoms with Crippen LogP contribution in [0.3, 0.4) is 0 Å². The van der Waals surface area contributed by atoms with E-state index in [1.54, 1.807) is 14.2 Å². The Hall–Kier alpha value is -3.85. The van der Waals surface area contributed by atoms with Crippen molar-refractivity contribution in [3.05, 3.63) is 70.8 Å². The number of likely N-dealkylation sites (tertiary alicyclic amines) is 1. The summed E-state index contributed by atoms with van der Waals surface area (Å²) in [6.45, 7) is 6.74. The minimum absolute atomic E-state index is 0.167. The van der Waals surface area contributed by atoms with Crippen LogP contribution >= 0.6 is 0 Å². The van der Waals surface area contributed by atoms with Crippen LogP contribution < -0.4 is 9.47 Å². The normalized spacial score (nSPS) is 15.8. The molecule has 204 valence electrons. The molecule has 0 bridgehead atoms. The summed E-state index contributed by atoms with van der Waals surface area (Å²) in [7, 11) is 3.47. The summed E-state index contributed by atoms with van der Waals surface area (Å²) in [5, 5.41) is 15.6. The van der Waals surface area contributed by atoms with E-state index in [1.165, 1.54) is 11.1 Å². The number of carbonyl (C=O) groups is 3. The second-order valence-corrected chi connectivity index (χ2v) is 9.53. The Kier molecular flexibility index (Phi) is 10.3. The van der Waals surface area contributed by atoms with Gasteiger partial charge in [0, 0.05) is 61.6 Å². The van der Waals surface area contributed by atoms with Crippen molar-refractivity contribution in [2.45, 2.75) is 32.7 Å². The zero-order valence-corrected chi connectivity index (χ0v) is 22.2. The first-order valence-electron chi connectivity index (χ1n) is 12.7. The highest BCUT2D eigenvalue weighted by molar-refractivity contribution is 5.94. The summed E-state index contributed by atoms with van der Waals surface area (Å²) in [5.41, 5.74) is 4.48. The van der Waals surface area contributed by atoms with Crippen molar-refractivity contribution < 1.29 is 34.1 Å². The molecule has 0 atom stereocenters. The third-order valence-electron chi connectivity index (χ3n) is 6.90. The van der Waals surface area contributed by atoms with Gasteiger partial charge in [-0.1, -0.05) is 17.7 Å². The van der Waals surface area contributed by atoms with Crippen LogP contribution in [0.1, 0.15) is 39.9 Å². The lowest BCUT2D eigenvalue weighted by molar-refractivity contribution is -0.134. The van der Waals surface area contributed by atoms with Crippen LogP contribution in [-0.2, 0) is 22.6 Å². The van der Waals surface area contributed by atoms with Gasteiger partial charge in [-0.05, 0) is 56.4 Å². The number of aliphatic carboxylic acids is 2. The molecule has 2 heterocycles. The van der Waals surface area contributed by atoms with Crippen LogP contribution in [0.5, 0.6) is 11.5 Å². The Morgan fingerprint density at radius 1 is 0.921 bits per heavy atom. The van der Waals surface area contributed by atoms with E-state index in [9.17, 15) is 14.4 Å². The van der Waals surface area contributed by atoms with Crippen molar-refractivity contribution in [2.75, 3.05) is 40.4 Å². The maximum absolute atomic E-state index is 12.8. The van der Waals surface area contributed by atoms with Crippen LogP contribution in [0.15, 0.2) is 48.6 Å². The predicted octanol–water partition coefficient (Wildman–Crippen LogP) is 3.63. The molecule has 38 heavy (non-hydrogen) atoms. The van der Waals surface area contributed by atoms with Gasteiger partial charge in [-0.15, -0.1) is 0 Å². The molecule has 0 radical (unpaired) electrons. The molecule has 0 aromatic heterocycles. The monoisotopic (exact) mass is 524 g/mol. The lowest BCUT2D eigenvalue weighted by Gasteiger charge is -2.37. The molecular formula is C29H36N2O7. The number of amides is 1. The summed E-state index contributed by atoms with van der Waals surface area (Å²) < 4.78 is 11.2. The maximum Gasteiger partial charge on any atom is 0.328 e. The van der Waals surface area contributed by atoms with Crippen LogP contribution in [0.4, 0.5) is 0 Å². The molecule has 9 nitrogen and oxygen atoms in total. The van der Waals surface area contributed by atoms with Crippen LogP contribution in [0, 0.1) is 12.8 Å². The summed E-state index contributed by atoms with van der Waals surface area (Å²) in [4.78, 5) is 36.5. The smallest absolute Gasteiger partial charge is 0.328 e. The number of hydrogen-bond acceptors (Lipinski definition) is 6. The fraction of sp³-hybridized carbons (Fsp3) is 0.414. The summed E-state index contributed by atoms with van der Waals surface area (Å²) >= 11 is 0. The van der Waals surface area contributed by atoms with Crippen molar-refractivity contribution in [3.63, 3.8) is 0 Å². The van der Waals surface area contributed by atoms with Gasteiger partial charge in [0.15, 0.2) is 0 Å². The van der Waals surface area contributed by atoms with Crippen LogP contribution in [0.25, 0.3) is 0 Å². The topological polar surface area (TPSA) is 117 Å². The summed E-state index contributed by atoms with van der Waals surface area (Å²) in [5.74, 6) is 0.202. The number of fused-ring (bicyclic) bond motifs is 1. The highest BCUT2D eigenvalue weighted by atomic mass is 16.5. The zero-order valence-electron chi connectivity index (χ0n) is 22.2. The van der Waals surface area contributed by atoms with Crippen molar-refractivity contribution in [2.24, 2.45) is 5.92 Å². The van der Waals surface area contributed by atoms with E-state index in [2.05, 4.69) is 4.90 Å². The molecule has 0 aliphatic carbocycles. The summed E-state index contributed by atoms with van der Waals surface area (Å²) in [6, 6.07) is 11.9. The Labute approximate surface area is 223 Å². The Bertz CT molecular complexity index is 1150. The molecule has 4 rings (SSSR count). The quantitative estimate of drug-likeness (QED) is 0.528. The van der Waals surface area contributed by atoms with Crippen molar-refractivity contribution in [1.29, 1.82) is 0 Å². The molecule has 0 unspecified atom stereocenters. The highest BCUT2D eigenvalue weighted by Gasteiger charge is 2.28. The van der Waals surface area contributed by atoms with E-state index in [4.69, 9.17) is 19.7 Å². The number of methoxy groups -OCH3 is 2. The van der Waals surface area contributed by atoms with Gasteiger partial charge in [0.1, 0.15) is 11.5 Å². The number of carbonyl (C=O) groups excluding carboxylic acids is 1. The molecule has 1 amide bonds. The van der Waals surface area contributed by atoms with Crippen molar-refractivity contribution in [1.82, 2.24) is 9.80 Å². The van der Waals surface area contributed by atoms with Crippen molar-refractivity contribution in [3.8, 4) is 11.5 Å². The number of rotatable bonds is 7. The minimum Gasteiger partial charge on any atom is -0.496 e. The lowest BCUT2D eigenvalue weighted by Crippen LogP contribution is -2.42. The second-order valence-electron chi connectivity index (χ2n) is 9.53. The van der Waals surface area contributed by atoms with E-state index in [0.717, 1.165) is 74.6 Å². The summed E-state index contributed by atoms with van der Waals surface area (Å²) in [6.07, 6.45) is 4.23. The van der Waals surface area contributed by atoms with E-state index in [1.807, 2.05) is 48.2 Å². The fourth-order valence-corrected chi connectivity index (χ4v) is 5.00. The van der Waals surface area contributed by atoms with Gasteiger partial charge in [0.05, 0.1) is 14.2 Å². The van der Waals surface area contributed by atoms with E-state index in [0.29, 0.717) is 18.1 Å². The predicted molar refractivity (Wildman–Crippen MR) is 143 cm³/mol. The first kappa shape index (κ1) is 28.7. The van der Waals surface area contributed by atoms with Gasteiger partial charge in [0.25, 0.3) is 5.91 Å². The molecule has 1 saturated heterocycles. The van der Waals surface area contributed by atoms with E-state index < -0.39 is 11.9 Å². The van der Waals surface area contributed by atoms with E-state index >= 15 is 0 Å².